The van der Waals surface area contributed by atoms with E-state index in [2.05, 4.69) is 473 Å². The molecule has 0 bridgehead atoms. The first kappa shape index (κ1) is 78.5. The molecule has 3 heteroatoms. The SMILES string of the molecule is c1ccc(-c2ccc(-c3cccc(-c4cc(-c5ccc6sc7ccccc7c6c5)c5c(c4)-c4ccccc4C5)c3)cc2)cc1.c1ccc(-c2ccc(-c3cccc(-c4cc(-c5ccc6sc7ccccc7c6c5)cc5c4Cc4ccccc4-5)c3)cc2)cc1.c1ccc(-c2ccc(-c3cccc(-c4cccc5c4Cc4c(-c6ccc7c(c6)sc6ccccc67)cccc4-5)c3)cc2)cc1. The second-order valence-electron chi connectivity index (χ2n) is 35.1. The summed E-state index contributed by atoms with van der Waals surface area (Å²) in [7, 11) is 0. The molecule has 3 aliphatic rings. The zero-order valence-electron chi connectivity index (χ0n) is 72.4. The minimum atomic E-state index is 0.942. The molecule has 0 amide bonds. The highest BCUT2D eigenvalue weighted by Gasteiger charge is 2.29. The molecule has 3 aliphatic carbocycles. The first-order valence-electron chi connectivity index (χ1n) is 45.7. The minimum absolute atomic E-state index is 0.942. The number of hydrogen-bond donors (Lipinski definition) is 0. The summed E-state index contributed by atoms with van der Waals surface area (Å²) in [5, 5.41) is 8.07. The van der Waals surface area contributed by atoms with E-state index in [-0.39, 0.29) is 0 Å². The Morgan fingerprint density at radius 3 is 0.818 bits per heavy atom. The van der Waals surface area contributed by atoms with E-state index in [1.54, 1.807) is 0 Å². The van der Waals surface area contributed by atoms with E-state index in [1.165, 1.54) is 261 Å². The fraction of sp³-hybridized carbons (Fsp3) is 0.0233. The van der Waals surface area contributed by atoms with Crippen LogP contribution in [-0.4, -0.2) is 0 Å². The Morgan fingerprint density at radius 2 is 0.364 bits per heavy atom. The van der Waals surface area contributed by atoms with Gasteiger partial charge in [0.25, 0.3) is 0 Å². The Kier molecular flexibility index (Phi) is 19.9. The summed E-state index contributed by atoms with van der Waals surface area (Å²) in [6.07, 6.45) is 2.88. The second-order valence-corrected chi connectivity index (χ2v) is 38.4. The van der Waals surface area contributed by atoms with Crippen LogP contribution in [0.3, 0.4) is 0 Å². The highest BCUT2D eigenvalue weighted by atomic mass is 32.1. The lowest BCUT2D eigenvalue weighted by atomic mass is 9.89. The molecule has 3 heterocycles. The molecule has 21 aromatic carbocycles. The molecule has 0 spiro atoms. The van der Waals surface area contributed by atoms with Crippen LogP contribution in [0.5, 0.6) is 0 Å². The van der Waals surface area contributed by atoms with Crippen molar-refractivity contribution in [2.45, 2.75) is 19.3 Å². The molecule has 0 saturated heterocycles. The van der Waals surface area contributed by atoms with E-state index in [1.807, 2.05) is 34.0 Å². The molecule has 3 aromatic heterocycles. The Morgan fingerprint density at radius 1 is 0.114 bits per heavy atom. The van der Waals surface area contributed by atoms with Crippen LogP contribution in [0.25, 0.3) is 227 Å². The first-order chi connectivity index (χ1) is 65.4. The predicted molar refractivity (Wildman–Crippen MR) is 568 cm³/mol. The summed E-state index contributed by atoms with van der Waals surface area (Å²) in [6.45, 7) is 0. The summed E-state index contributed by atoms with van der Waals surface area (Å²) in [4.78, 5) is 0. The summed E-state index contributed by atoms with van der Waals surface area (Å²) < 4.78 is 8.08. The second kappa shape index (κ2) is 33.4. The van der Waals surface area contributed by atoms with Gasteiger partial charge in [0.15, 0.2) is 0 Å². The lowest BCUT2D eigenvalue weighted by Crippen LogP contribution is -1.91. The van der Waals surface area contributed by atoms with Gasteiger partial charge < -0.3 is 0 Å². The van der Waals surface area contributed by atoms with Gasteiger partial charge in [0.1, 0.15) is 0 Å². The van der Waals surface area contributed by atoms with Gasteiger partial charge in [0.2, 0.25) is 0 Å². The molecule has 0 radical (unpaired) electrons. The molecule has 0 aliphatic heterocycles. The van der Waals surface area contributed by atoms with Crippen LogP contribution in [0.2, 0.25) is 0 Å². The van der Waals surface area contributed by atoms with Crippen molar-refractivity contribution < 1.29 is 0 Å². The van der Waals surface area contributed by atoms with E-state index in [4.69, 9.17) is 0 Å². The molecule has 0 unspecified atom stereocenters. The average molecular weight is 1730 g/mol. The normalized spacial score (nSPS) is 12.0. The van der Waals surface area contributed by atoms with Crippen molar-refractivity contribution >= 4 is 94.5 Å². The van der Waals surface area contributed by atoms with E-state index in [9.17, 15) is 0 Å². The Labute approximate surface area is 781 Å². The van der Waals surface area contributed by atoms with Gasteiger partial charge >= 0.3 is 0 Å². The molecule has 24 aromatic rings. The molecule has 0 fully saturated rings. The highest BCUT2D eigenvalue weighted by Crippen LogP contribution is 2.52. The van der Waals surface area contributed by atoms with Gasteiger partial charge in [-0.05, 0) is 311 Å². The smallest absolute Gasteiger partial charge is 0.0361 e. The maximum atomic E-state index is 2.43. The van der Waals surface area contributed by atoms with Crippen LogP contribution in [0, 0.1) is 0 Å². The van der Waals surface area contributed by atoms with Crippen molar-refractivity contribution in [3.8, 4) is 167 Å². The predicted octanol–water partition coefficient (Wildman–Crippen LogP) is 36.9. The van der Waals surface area contributed by atoms with Crippen molar-refractivity contribution in [1.82, 2.24) is 0 Å². The third-order valence-corrected chi connectivity index (χ3v) is 30.9. The Hall–Kier alpha value is -15.7. The number of hydrogen-bond acceptors (Lipinski definition) is 3. The maximum Gasteiger partial charge on any atom is 0.0361 e. The van der Waals surface area contributed by atoms with Gasteiger partial charge in [0, 0.05) is 60.5 Å². The molecule has 0 N–H and O–H groups in total. The number of fused-ring (bicyclic) bond motifs is 18. The summed E-state index contributed by atoms with van der Waals surface area (Å²) >= 11 is 5.65. The lowest BCUT2D eigenvalue weighted by molar-refractivity contribution is 1.26. The third-order valence-electron chi connectivity index (χ3n) is 27.5. The number of thiophene rings is 3. The van der Waals surface area contributed by atoms with Crippen LogP contribution in [0.4, 0.5) is 0 Å². The molecular formula is C129H84S3. The lowest BCUT2D eigenvalue weighted by Gasteiger charge is -2.15. The van der Waals surface area contributed by atoms with Gasteiger partial charge in [0.05, 0.1) is 0 Å². The van der Waals surface area contributed by atoms with Crippen molar-refractivity contribution in [2.24, 2.45) is 0 Å². The Balaban J connectivity index is 0.000000106. The zero-order valence-corrected chi connectivity index (χ0v) is 74.8. The van der Waals surface area contributed by atoms with Gasteiger partial charge in [-0.25, -0.2) is 0 Å². The quantitative estimate of drug-likeness (QED) is 0.114. The van der Waals surface area contributed by atoms with Crippen molar-refractivity contribution in [3.63, 3.8) is 0 Å². The fourth-order valence-corrected chi connectivity index (χ4v) is 24.2. The number of benzene rings is 21. The average Bonchev–Trinajstić information content (AvgIpc) is 1.59. The van der Waals surface area contributed by atoms with Crippen LogP contribution < -0.4 is 0 Å². The van der Waals surface area contributed by atoms with Crippen LogP contribution in [0.15, 0.2) is 473 Å². The zero-order chi connectivity index (χ0) is 87.1. The van der Waals surface area contributed by atoms with Gasteiger partial charge in [-0.15, -0.1) is 34.0 Å². The Bertz CT molecular complexity index is 8610. The molecule has 132 heavy (non-hydrogen) atoms. The van der Waals surface area contributed by atoms with Gasteiger partial charge in [-0.3, -0.25) is 0 Å². The summed E-state index contributed by atoms with van der Waals surface area (Å²) in [6, 6.07) is 174. The third kappa shape index (κ3) is 14.5. The summed E-state index contributed by atoms with van der Waals surface area (Å²) in [5.41, 5.74) is 47.1. The highest BCUT2D eigenvalue weighted by molar-refractivity contribution is 7.26. The van der Waals surface area contributed by atoms with E-state index in [0.29, 0.717) is 0 Å². The molecule has 0 saturated carbocycles. The monoisotopic (exact) mass is 1730 g/mol. The van der Waals surface area contributed by atoms with Crippen molar-refractivity contribution in [3.05, 3.63) is 507 Å². The molecular weight excluding hydrogens is 1650 g/mol. The topological polar surface area (TPSA) is 0 Å². The molecule has 618 valence electrons. The van der Waals surface area contributed by atoms with Crippen LogP contribution in [-0.2, 0) is 19.3 Å². The number of rotatable bonds is 12. The first-order valence-corrected chi connectivity index (χ1v) is 48.1. The van der Waals surface area contributed by atoms with E-state index >= 15 is 0 Å². The minimum Gasteiger partial charge on any atom is -0.135 e. The molecule has 0 atom stereocenters. The van der Waals surface area contributed by atoms with E-state index in [0.717, 1.165) is 19.3 Å². The van der Waals surface area contributed by atoms with Crippen molar-refractivity contribution in [2.75, 3.05) is 0 Å². The maximum absolute atomic E-state index is 2.43. The van der Waals surface area contributed by atoms with Gasteiger partial charge in [-0.1, -0.05) is 382 Å². The fourth-order valence-electron chi connectivity index (χ4n) is 20.8. The standard InChI is InChI=1S/3C43H28S/c1-2-9-28(10-3-1)29-19-21-30(22-20-29)31-11-6-12-32(25-31)34-14-7-16-36-37-17-8-15-35(41(37)27-40(34)36)33-23-24-39-38-13-4-5-18-42(38)44-43(39)26-33;1-2-9-28(10-3-1)29-17-19-30(20-18-29)31-12-8-13-33(23-31)38-26-35(27-39-36-14-5-4-11-34(36)25-40(38)39)32-21-22-43-41(24-32)37-15-6-7-16-42(37)44-43;1-2-9-28(10-3-1)29-17-19-30(20-18-29)31-12-8-13-32(23-31)35-26-38(40-24-33-11-4-5-14-36(33)39(40)27-35)34-21-22-43-41(25-34)37-15-6-7-16-42(37)44-43/h1-26H,27H2;1-24,26-27H,25H2;1-23,25-27H,24H2. The van der Waals surface area contributed by atoms with Crippen LogP contribution in [0.1, 0.15) is 33.4 Å². The van der Waals surface area contributed by atoms with E-state index < -0.39 is 0 Å². The molecule has 0 nitrogen and oxygen atoms in total. The largest absolute Gasteiger partial charge is 0.135 e. The van der Waals surface area contributed by atoms with Crippen molar-refractivity contribution in [1.29, 1.82) is 0 Å². The van der Waals surface area contributed by atoms with Gasteiger partial charge in [-0.2, -0.15) is 0 Å². The summed E-state index contributed by atoms with van der Waals surface area (Å²) in [5.74, 6) is 0. The molecule has 27 rings (SSSR count). The van der Waals surface area contributed by atoms with Crippen LogP contribution >= 0.6 is 34.0 Å².